The van der Waals surface area contributed by atoms with Gasteiger partial charge in [-0.15, -0.1) is 0 Å². The Labute approximate surface area is 267 Å². The maximum Gasteiger partial charge on any atom is 0.0950 e. The summed E-state index contributed by atoms with van der Waals surface area (Å²) in [5.74, 6) is 0. The monoisotopic (exact) mass is 584 g/mol. The zero-order chi connectivity index (χ0) is 30.4. The van der Waals surface area contributed by atoms with Crippen molar-refractivity contribution >= 4 is 0 Å². The van der Waals surface area contributed by atoms with Gasteiger partial charge in [-0.3, -0.25) is 10.6 Å². The number of hydrogen-bond acceptors (Lipinski definition) is 2. The van der Waals surface area contributed by atoms with Crippen molar-refractivity contribution in [3.05, 3.63) is 215 Å². The second-order valence-electron chi connectivity index (χ2n) is 12.1. The summed E-state index contributed by atoms with van der Waals surface area (Å²) < 4.78 is 0. The zero-order valence-electron chi connectivity index (χ0n) is 25.6. The summed E-state index contributed by atoms with van der Waals surface area (Å²) in [7, 11) is 0. The van der Waals surface area contributed by atoms with Gasteiger partial charge in [-0.2, -0.15) is 0 Å². The van der Waals surface area contributed by atoms with E-state index >= 15 is 0 Å². The van der Waals surface area contributed by atoms with Crippen molar-refractivity contribution < 1.29 is 0 Å². The highest BCUT2D eigenvalue weighted by atomic mass is 15.1. The molecule has 7 rings (SSSR count). The zero-order valence-corrected chi connectivity index (χ0v) is 25.6. The van der Waals surface area contributed by atoms with Crippen LogP contribution in [0.5, 0.6) is 0 Å². The van der Waals surface area contributed by atoms with Gasteiger partial charge in [0.25, 0.3) is 0 Å². The van der Waals surface area contributed by atoms with Crippen LogP contribution in [0.15, 0.2) is 182 Å². The Balaban J connectivity index is 1.38. The Morgan fingerprint density at radius 2 is 0.511 bits per heavy atom. The molecule has 0 bridgehead atoms. The molecule has 2 N–H and O–H groups in total. The van der Waals surface area contributed by atoms with E-state index in [1.807, 2.05) is 0 Å². The van der Waals surface area contributed by atoms with Crippen molar-refractivity contribution in [3.63, 3.8) is 0 Å². The van der Waals surface area contributed by atoms with E-state index in [9.17, 15) is 0 Å². The molecule has 0 heterocycles. The van der Waals surface area contributed by atoms with Crippen LogP contribution < -0.4 is 10.6 Å². The first-order chi connectivity index (χ1) is 22.3. The van der Waals surface area contributed by atoms with Crippen molar-refractivity contribution in [2.24, 2.45) is 0 Å². The molecule has 0 radical (unpaired) electrons. The molecule has 0 aliphatic heterocycles. The SMILES string of the molecule is c1ccc(C(N[C@@H]2CCC[C@H]2NC(c2ccccc2)(c2ccccc2)c2ccccc2)(c2ccccc2)c2ccccc2)cc1. The molecular weight excluding hydrogens is 544 g/mol. The maximum atomic E-state index is 4.34. The molecule has 2 nitrogen and oxygen atoms in total. The van der Waals surface area contributed by atoms with Gasteiger partial charge in [-0.1, -0.05) is 188 Å². The van der Waals surface area contributed by atoms with E-state index in [1.54, 1.807) is 0 Å². The van der Waals surface area contributed by atoms with Crippen LogP contribution in [0.3, 0.4) is 0 Å². The smallest absolute Gasteiger partial charge is 0.0950 e. The molecule has 2 atom stereocenters. The van der Waals surface area contributed by atoms with Crippen molar-refractivity contribution in [1.82, 2.24) is 10.6 Å². The molecule has 0 spiro atoms. The minimum absolute atomic E-state index is 0.209. The Kier molecular flexibility index (Phi) is 8.42. The highest BCUT2D eigenvalue weighted by Gasteiger charge is 2.45. The first-order valence-electron chi connectivity index (χ1n) is 16.2. The summed E-state index contributed by atoms with van der Waals surface area (Å²) in [4.78, 5) is 0. The van der Waals surface area contributed by atoms with E-state index < -0.39 is 11.1 Å². The number of nitrogens with one attached hydrogen (secondary N) is 2. The number of rotatable bonds is 10. The summed E-state index contributed by atoms with van der Waals surface area (Å²) in [6.07, 6.45) is 3.32. The predicted octanol–water partition coefficient (Wildman–Crippen LogP) is 9.07. The molecule has 6 aromatic carbocycles. The fourth-order valence-corrected chi connectivity index (χ4v) is 7.49. The van der Waals surface area contributed by atoms with Gasteiger partial charge in [-0.05, 0) is 46.2 Å². The van der Waals surface area contributed by atoms with E-state index in [1.165, 1.54) is 33.4 Å². The summed E-state index contributed by atoms with van der Waals surface area (Å²) in [5.41, 5.74) is 6.42. The van der Waals surface area contributed by atoms with E-state index in [-0.39, 0.29) is 12.1 Å². The van der Waals surface area contributed by atoms with Crippen LogP contribution in [0, 0.1) is 0 Å². The van der Waals surface area contributed by atoms with Crippen LogP contribution in [0.4, 0.5) is 0 Å². The fraction of sp³-hybridized carbons (Fsp3) is 0.163. The molecule has 45 heavy (non-hydrogen) atoms. The normalized spacial score (nSPS) is 16.8. The third-order valence-corrected chi connectivity index (χ3v) is 9.56. The molecule has 1 fully saturated rings. The van der Waals surface area contributed by atoms with Gasteiger partial charge in [-0.25, -0.2) is 0 Å². The molecule has 1 aliphatic rings. The molecule has 0 aromatic heterocycles. The largest absolute Gasteiger partial charge is 0.296 e. The highest BCUT2D eigenvalue weighted by Crippen LogP contribution is 2.42. The van der Waals surface area contributed by atoms with Gasteiger partial charge in [0, 0.05) is 12.1 Å². The van der Waals surface area contributed by atoms with E-state index in [2.05, 4.69) is 193 Å². The lowest BCUT2D eigenvalue weighted by Gasteiger charge is -2.44. The molecule has 222 valence electrons. The van der Waals surface area contributed by atoms with Crippen LogP contribution in [0.1, 0.15) is 52.6 Å². The van der Waals surface area contributed by atoms with E-state index in [0.717, 1.165) is 19.3 Å². The predicted molar refractivity (Wildman–Crippen MR) is 186 cm³/mol. The summed E-state index contributed by atoms with van der Waals surface area (Å²) in [6.45, 7) is 0. The maximum absolute atomic E-state index is 4.34. The Morgan fingerprint density at radius 1 is 0.311 bits per heavy atom. The van der Waals surface area contributed by atoms with Crippen LogP contribution in [0.25, 0.3) is 0 Å². The highest BCUT2D eigenvalue weighted by molar-refractivity contribution is 5.51. The second-order valence-corrected chi connectivity index (χ2v) is 12.1. The number of hydrogen-bond donors (Lipinski definition) is 2. The van der Waals surface area contributed by atoms with Crippen LogP contribution in [0.2, 0.25) is 0 Å². The lowest BCUT2D eigenvalue weighted by atomic mass is 9.75. The first kappa shape index (κ1) is 29.0. The molecule has 0 amide bonds. The molecular formula is C43H40N2. The Hall–Kier alpha value is -4.76. The third-order valence-electron chi connectivity index (χ3n) is 9.56. The quantitative estimate of drug-likeness (QED) is 0.157. The Morgan fingerprint density at radius 3 is 0.711 bits per heavy atom. The molecule has 2 heteroatoms. The summed E-state index contributed by atoms with van der Waals surface area (Å²) >= 11 is 0. The molecule has 1 aliphatic carbocycles. The third kappa shape index (κ3) is 5.53. The fourth-order valence-electron chi connectivity index (χ4n) is 7.49. The molecule has 0 saturated heterocycles. The Bertz CT molecular complexity index is 1430. The van der Waals surface area contributed by atoms with Crippen molar-refractivity contribution in [2.75, 3.05) is 0 Å². The standard InChI is InChI=1S/C43H40N2/c1-7-20-34(21-8-1)42(35-22-9-2-10-23-35,36-24-11-3-12-25-36)44-40-32-19-33-41(40)45-43(37-26-13-4-14-27-37,38-28-15-5-16-29-38)39-30-17-6-18-31-39/h1-18,20-31,40-41,44-45H,19,32-33H2/t40-,41-/m1/s1. The van der Waals surface area contributed by atoms with Gasteiger partial charge < -0.3 is 0 Å². The summed E-state index contributed by atoms with van der Waals surface area (Å²) in [5, 5.41) is 8.69. The number of benzene rings is 6. The first-order valence-corrected chi connectivity index (χ1v) is 16.2. The van der Waals surface area contributed by atoms with Gasteiger partial charge >= 0.3 is 0 Å². The van der Waals surface area contributed by atoms with Gasteiger partial charge in [0.05, 0.1) is 11.1 Å². The minimum Gasteiger partial charge on any atom is -0.296 e. The average molecular weight is 585 g/mol. The molecule has 6 aromatic rings. The van der Waals surface area contributed by atoms with E-state index in [4.69, 9.17) is 0 Å². The van der Waals surface area contributed by atoms with Gasteiger partial charge in [0.2, 0.25) is 0 Å². The lowest BCUT2D eigenvalue weighted by Crippen LogP contribution is -2.59. The van der Waals surface area contributed by atoms with Crippen LogP contribution in [-0.4, -0.2) is 12.1 Å². The van der Waals surface area contributed by atoms with Crippen molar-refractivity contribution in [3.8, 4) is 0 Å². The van der Waals surface area contributed by atoms with Crippen LogP contribution >= 0.6 is 0 Å². The molecule has 0 unspecified atom stereocenters. The van der Waals surface area contributed by atoms with Crippen molar-refractivity contribution in [2.45, 2.75) is 42.4 Å². The second kappa shape index (κ2) is 13.1. The van der Waals surface area contributed by atoms with E-state index in [0.29, 0.717) is 0 Å². The average Bonchev–Trinajstić information content (AvgIpc) is 3.57. The van der Waals surface area contributed by atoms with Gasteiger partial charge in [0.1, 0.15) is 0 Å². The summed E-state index contributed by atoms with van der Waals surface area (Å²) in [6, 6.07) is 66.2. The topological polar surface area (TPSA) is 24.1 Å². The minimum atomic E-state index is -0.520. The van der Waals surface area contributed by atoms with Gasteiger partial charge in [0.15, 0.2) is 0 Å². The van der Waals surface area contributed by atoms with Crippen LogP contribution in [-0.2, 0) is 11.1 Å². The molecule has 1 saturated carbocycles. The van der Waals surface area contributed by atoms with Crippen molar-refractivity contribution in [1.29, 1.82) is 0 Å². The lowest BCUT2D eigenvalue weighted by molar-refractivity contribution is 0.301.